The summed E-state index contributed by atoms with van der Waals surface area (Å²) in [6.07, 6.45) is 5.42. The molecule has 1 amide bonds. The third kappa shape index (κ3) is 3.66. The highest BCUT2D eigenvalue weighted by atomic mass is 16.6. The normalized spacial score (nSPS) is 31.8. The summed E-state index contributed by atoms with van der Waals surface area (Å²) in [5, 5.41) is 0. The minimum Gasteiger partial charge on any atom is -0.487 e. The molecule has 2 bridgehead atoms. The van der Waals surface area contributed by atoms with E-state index >= 15 is 0 Å². The molecule has 0 radical (unpaired) electrons. The highest BCUT2D eigenvalue weighted by Gasteiger charge is 2.75. The number of carbonyl (C=O) groups excluding carboxylic acids is 2. The summed E-state index contributed by atoms with van der Waals surface area (Å²) in [7, 11) is 1.85. The number of piperidine rings is 1. The van der Waals surface area contributed by atoms with Crippen molar-refractivity contribution in [2.75, 3.05) is 20.1 Å². The van der Waals surface area contributed by atoms with Gasteiger partial charge in [0.15, 0.2) is 0 Å². The van der Waals surface area contributed by atoms with Gasteiger partial charge in [0, 0.05) is 37.6 Å². The first-order valence-corrected chi connectivity index (χ1v) is 14.4. The van der Waals surface area contributed by atoms with E-state index in [-0.39, 0.29) is 30.1 Å². The Bertz CT molecular complexity index is 1420. The van der Waals surface area contributed by atoms with Gasteiger partial charge in [-0.1, -0.05) is 30.2 Å². The topological polar surface area (TPSA) is 59.1 Å². The van der Waals surface area contributed by atoms with E-state index in [2.05, 4.69) is 34.9 Å². The molecule has 6 heteroatoms. The molecule has 2 heterocycles. The van der Waals surface area contributed by atoms with Gasteiger partial charge in [0.05, 0.1) is 17.5 Å². The van der Waals surface area contributed by atoms with Crippen molar-refractivity contribution in [3.05, 3.63) is 64.7 Å². The molecule has 1 saturated heterocycles. The summed E-state index contributed by atoms with van der Waals surface area (Å²) >= 11 is 0. The van der Waals surface area contributed by atoms with Gasteiger partial charge < -0.3 is 14.4 Å². The van der Waals surface area contributed by atoms with E-state index in [1.165, 1.54) is 24.0 Å². The van der Waals surface area contributed by atoms with Crippen molar-refractivity contribution in [3.8, 4) is 17.6 Å². The first kappa shape index (κ1) is 24.7. The van der Waals surface area contributed by atoms with Gasteiger partial charge in [-0.25, -0.2) is 0 Å². The molecule has 3 aliphatic carbocycles. The van der Waals surface area contributed by atoms with Crippen LogP contribution in [0.2, 0.25) is 0 Å². The van der Waals surface area contributed by atoms with Gasteiger partial charge >= 0.3 is 5.97 Å². The number of hydrogen-bond acceptors (Lipinski definition) is 5. The molecular weight excluding hydrogens is 488 g/mol. The SMILES string of the molecule is CC(=O)O[C@@]12CC[C@H](N(C)C(=O)C#Cc3cccc(C)c3)[C@@H]3Oc4cccc5c4[C@@]31CCN(CC1CC1)[C@@H]2C5. The van der Waals surface area contributed by atoms with Crippen LogP contribution in [0, 0.1) is 24.7 Å². The zero-order valence-electron chi connectivity index (χ0n) is 23.0. The molecule has 3 fully saturated rings. The van der Waals surface area contributed by atoms with E-state index in [0.29, 0.717) is 12.8 Å². The third-order valence-electron chi connectivity index (χ3n) is 10.1. The van der Waals surface area contributed by atoms with Gasteiger partial charge in [-0.2, -0.15) is 0 Å². The van der Waals surface area contributed by atoms with E-state index in [0.717, 1.165) is 48.7 Å². The van der Waals surface area contributed by atoms with Crippen molar-refractivity contribution in [2.45, 2.75) is 81.6 Å². The maximum atomic E-state index is 13.4. The van der Waals surface area contributed by atoms with E-state index in [4.69, 9.17) is 9.47 Å². The summed E-state index contributed by atoms with van der Waals surface area (Å²) < 4.78 is 13.4. The van der Waals surface area contributed by atoms with E-state index in [9.17, 15) is 9.59 Å². The number of ether oxygens (including phenoxy) is 2. The Labute approximate surface area is 230 Å². The van der Waals surface area contributed by atoms with Gasteiger partial charge in [0.1, 0.15) is 17.5 Å². The first-order chi connectivity index (χ1) is 18.8. The Hall–Kier alpha value is -3.30. The maximum Gasteiger partial charge on any atom is 0.303 e. The fourth-order valence-electron chi connectivity index (χ4n) is 8.34. The summed E-state index contributed by atoms with van der Waals surface area (Å²) in [6.45, 7) is 5.59. The number of esters is 1. The molecule has 39 heavy (non-hydrogen) atoms. The fourth-order valence-corrected chi connectivity index (χ4v) is 8.34. The number of rotatable bonds is 4. The first-order valence-electron chi connectivity index (χ1n) is 14.4. The van der Waals surface area contributed by atoms with E-state index < -0.39 is 11.0 Å². The van der Waals surface area contributed by atoms with Crippen LogP contribution in [0.25, 0.3) is 0 Å². The summed E-state index contributed by atoms with van der Waals surface area (Å²) in [4.78, 5) is 30.6. The second-order valence-corrected chi connectivity index (χ2v) is 12.3. The number of aryl methyl sites for hydroxylation is 1. The molecule has 5 aliphatic rings. The van der Waals surface area contributed by atoms with Crippen LogP contribution in [0.15, 0.2) is 42.5 Å². The second-order valence-electron chi connectivity index (χ2n) is 12.3. The number of likely N-dealkylation sites (N-methyl/N-ethyl adjacent to an activating group) is 1. The van der Waals surface area contributed by atoms with Crippen molar-refractivity contribution < 1.29 is 19.1 Å². The van der Waals surface area contributed by atoms with Crippen LogP contribution < -0.4 is 4.74 Å². The Morgan fingerprint density at radius 1 is 1.15 bits per heavy atom. The van der Waals surface area contributed by atoms with Gasteiger partial charge in [-0.05, 0) is 87.2 Å². The minimum atomic E-state index is -0.663. The second kappa shape index (κ2) is 8.86. The lowest BCUT2D eigenvalue weighted by molar-refractivity contribution is -0.223. The zero-order chi connectivity index (χ0) is 26.9. The average Bonchev–Trinajstić information content (AvgIpc) is 3.66. The predicted molar refractivity (Wildman–Crippen MR) is 147 cm³/mol. The van der Waals surface area contributed by atoms with E-state index in [1.807, 2.05) is 38.2 Å². The molecule has 0 unspecified atom stereocenters. The lowest BCUT2D eigenvalue weighted by Gasteiger charge is -2.65. The zero-order valence-corrected chi connectivity index (χ0v) is 23.0. The van der Waals surface area contributed by atoms with Gasteiger partial charge in [0.2, 0.25) is 0 Å². The Morgan fingerprint density at radius 2 is 1.97 bits per heavy atom. The van der Waals surface area contributed by atoms with Gasteiger partial charge in [0.25, 0.3) is 5.91 Å². The fraction of sp³-hybridized carbons (Fsp3) is 0.515. The predicted octanol–water partition coefficient (Wildman–Crippen LogP) is 4.01. The number of amides is 1. The summed E-state index contributed by atoms with van der Waals surface area (Å²) in [5.41, 5.74) is 3.33. The average molecular weight is 525 g/mol. The number of carbonyl (C=O) groups is 2. The number of likely N-dealkylation sites (tertiary alicyclic amines) is 1. The molecule has 2 aliphatic heterocycles. The highest BCUT2D eigenvalue weighted by Crippen LogP contribution is 2.65. The van der Waals surface area contributed by atoms with Crippen molar-refractivity contribution in [1.29, 1.82) is 0 Å². The van der Waals surface area contributed by atoms with Gasteiger partial charge in [-0.3, -0.25) is 14.5 Å². The van der Waals surface area contributed by atoms with E-state index in [1.54, 1.807) is 11.8 Å². The molecule has 202 valence electrons. The highest BCUT2D eigenvalue weighted by molar-refractivity contribution is 5.94. The van der Waals surface area contributed by atoms with Gasteiger partial charge in [-0.15, -0.1) is 0 Å². The number of hydrogen-bond donors (Lipinski definition) is 0. The standard InChI is InChI=1S/C33H36N2O4/c1-21-6-4-7-23(18-21)12-13-29(37)34(3)26-14-15-33(39-22(2)36)28-19-25-8-5-9-27-30(25)32(33,31(26)38-27)16-17-35(28)20-24-10-11-24/h4-9,18,24,26,28,31H,10-11,14-17,19-20H2,1-3H3/t26-,28+,31-,32-,33+/m0/s1. The van der Waals surface area contributed by atoms with Crippen LogP contribution in [-0.4, -0.2) is 65.6 Å². The third-order valence-corrected chi connectivity index (χ3v) is 10.1. The van der Waals surface area contributed by atoms with Crippen molar-refractivity contribution in [2.24, 2.45) is 5.92 Å². The lowest BCUT2D eigenvalue weighted by atomic mass is 9.48. The lowest BCUT2D eigenvalue weighted by Crippen LogP contribution is -2.79. The number of nitrogens with zero attached hydrogens (tertiary/aromatic N) is 2. The van der Waals surface area contributed by atoms with Crippen molar-refractivity contribution in [1.82, 2.24) is 9.80 Å². The molecule has 7 rings (SSSR count). The Morgan fingerprint density at radius 3 is 2.74 bits per heavy atom. The molecule has 6 nitrogen and oxygen atoms in total. The molecule has 2 aromatic rings. The van der Waals surface area contributed by atoms with Crippen LogP contribution in [-0.2, 0) is 26.2 Å². The van der Waals surface area contributed by atoms with Crippen LogP contribution in [0.4, 0.5) is 0 Å². The van der Waals surface area contributed by atoms with Crippen LogP contribution in [0.3, 0.4) is 0 Å². The van der Waals surface area contributed by atoms with Crippen LogP contribution in [0.5, 0.6) is 5.75 Å². The minimum absolute atomic E-state index is 0.116. The monoisotopic (exact) mass is 524 g/mol. The van der Waals surface area contributed by atoms with Crippen LogP contribution >= 0.6 is 0 Å². The molecule has 0 N–H and O–H groups in total. The smallest absolute Gasteiger partial charge is 0.303 e. The molecule has 0 aromatic heterocycles. The number of benzene rings is 2. The maximum absolute atomic E-state index is 13.4. The summed E-state index contributed by atoms with van der Waals surface area (Å²) in [6, 6.07) is 14.2. The quantitative estimate of drug-likeness (QED) is 0.447. The van der Waals surface area contributed by atoms with Crippen LogP contribution in [0.1, 0.15) is 61.3 Å². The Kier molecular flexibility index (Phi) is 5.61. The summed E-state index contributed by atoms with van der Waals surface area (Å²) in [5.74, 6) is 7.14. The molecule has 2 saturated carbocycles. The Balaban J connectivity index is 1.29. The molecule has 2 aromatic carbocycles. The van der Waals surface area contributed by atoms with Crippen molar-refractivity contribution >= 4 is 11.9 Å². The molecule has 1 spiro atoms. The molecule has 5 atom stereocenters. The largest absolute Gasteiger partial charge is 0.487 e. The molecular formula is C33H36N2O4. The van der Waals surface area contributed by atoms with Crippen molar-refractivity contribution in [3.63, 3.8) is 0 Å².